The third-order valence-electron chi connectivity index (χ3n) is 5.12. The first-order valence-electron chi connectivity index (χ1n) is 9.65. The van der Waals surface area contributed by atoms with Gasteiger partial charge in [0.05, 0.1) is 0 Å². The lowest BCUT2D eigenvalue weighted by molar-refractivity contribution is 0.206. The van der Waals surface area contributed by atoms with E-state index in [1.54, 1.807) is 0 Å². The van der Waals surface area contributed by atoms with Crippen molar-refractivity contribution in [2.75, 3.05) is 26.2 Å². The van der Waals surface area contributed by atoms with Crippen LogP contribution >= 0.6 is 24.0 Å². The molecule has 1 aromatic carbocycles. The van der Waals surface area contributed by atoms with Gasteiger partial charge in [0, 0.05) is 37.6 Å². The normalized spacial score (nSPS) is 24.5. The van der Waals surface area contributed by atoms with Crippen molar-refractivity contribution < 1.29 is 0 Å². The van der Waals surface area contributed by atoms with Gasteiger partial charge in [-0.3, -0.25) is 4.99 Å². The van der Waals surface area contributed by atoms with E-state index in [9.17, 15) is 0 Å². The zero-order valence-electron chi connectivity index (χ0n) is 15.6. The monoisotopic (exact) mass is 456 g/mol. The lowest BCUT2D eigenvalue weighted by atomic mass is 10.1. The molecule has 2 unspecified atom stereocenters. The Kier molecular flexibility index (Phi) is 8.49. The molecule has 2 aliphatic rings. The first-order chi connectivity index (χ1) is 11.8. The van der Waals surface area contributed by atoms with Gasteiger partial charge in [0.2, 0.25) is 0 Å². The molecule has 2 N–H and O–H groups in total. The highest BCUT2D eigenvalue weighted by molar-refractivity contribution is 14.0. The van der Waals surface area contributed by atoms with E-state index >= 15 is 0 Å². The molecule has 25 heavy (non-hydrogen) atoms. The topological polar surface area (TPSA) is 39.7 Å². The van der Waals surface area contributed by atoms with Gasteiger partial charge in [0.15, 0.2) is 5.96 Å². The van der Waals surface area contributed by atoms with Crippen molar-refractivity contribution in [2.45, 2.75) is 57.5 Å². The smallest absolute Gasteiger partial charge is 0.191 e. The molecule has 0 bridgehead atoms. The molecule has 1 heterocycles. The van der Waals surface area contributed by atoms with Gasteiger partial charge in [-0.05, 0) is 44.7 Å². The average molecular weight is 456 g/mol. The minimum atomic E-state index is 0. The van der Waals surface area contributed by atoms with Crippen LogP contribution in [-0.2, 0) is 0 Å². The lowest BCUT2D eigenvalue weighted by Crippen LogP contribution is -2.49. The van der Waals surface area contributed by atoms with Gasteiger partial charge in [-0.1, -0.05) is 37.3 Å². The number of guanidine groups is 1. The van der Waals surface area contributed by atoms with Crippen LogP contribution in [0.4, 0.5) is 0 Å². The molecule has 1 saturated heterocycles. The van der Waals surface area contributed by atoms with Gasteiger partial charge in [-0.2, -0.15) is 0 Å². The zero-order chi connectivity index (χ0) is 16.8. The molecule has 140 valence electrons. The molecule has 1 aliphatic carbocycles. The Morgan fingerprint density at radius 1 is 1.12 bits per heavy atom. The fourth-order valence-electron chi connectivity index (χ4n) is 3.70. The number of piperidine rings is 1. The summed E-state index contributed by atoms with van der Waals surface area (Å²) in [6.45, 7) is 8.85. The molecule has 0 aromatic heterocycles. The highest BCUT2D eigenvalue weighted by Crippen LogP contribution is 2.40. The van der Waals surface area contributed by atoms with E-state index in [1.165, 1.54) is 50.9 Å². The van der Waals surface area contributed by atoms with Crippen molar-refractivity contribution in [3.63, 3.8) is 0 Å². The standard InChI is InChI=1S/C20H32N4.HI/c1-3-12-24-13-10-17(11-14-24)22-20(21-4-2)23-19-15-18(19)16-8-6-5-7-9-16;/h5-9,17-19H,3-4,10-15H2,1-2H3,(H2,21,22,23);1H. The molecule has 1 aromatic rings. The fourth-order valence-corrected chi connectivity index (χ4v) is 3.70. The molecule has 3 rings (SSSR count). The zero-order valence-corrected chi connectivity index (χ0v) is 17.9. The summed E-state index contributed by atoms with van der Waals surface area (Å²) < 4.78 is 0. The van der Waals surface area contributed by atoms with E-state index in [0.717, 1.165) is 12.5 Å². The maximum atomic E-state index is 4.66. The molecule has 4 nitrogen and oxygen atoms in total. The van der Waals surface area contributed by atoms with E-state index in [1.807, 2.05) is 0 Å². The third kappa shape index (κ3) is 6.13. The lowest BCUT2D eigenvalue weighted by Gasteiger charge is -2.33. The minimum absolute atomic E-state index is 0. The minimum Gasteiger partial charge on any atom is -0.354 e. The number of hydrogen-bond acceptors (Lipinski definition) is 2. The Morgan fingerprint density at radius 3 is 2.48 bits per heavy atom. The summed E-state index contributed by atoms with van der Waals surface area (Å²) in [5.41, 5.74) is 1.44. The predicted octanol–water partition coefficient (Wildman–Crippen LogP) is 3.59. The maximum absolute atomic E-state index is 4.66. The number of aliphatic imine (C=N–C) groups is 1. The molecular weight excluding hydrogens is 423 g/mol. The van der Waals surface area contributed by atoms with E-state index in [0.29, 0.717) is 18.0 Å². The summed E-state index contributed by atoms with van der Waals surface area (Å²) in [6.07, 6.45) is 4.91. The van der Waals surface area contributed by atoms with E-state index < -0.39 is 0 Å². The van der Waals surface area contributed by atoms with Crippen molar-refractivity contribution in [1.82, 2.24) is 15.5 Å². The summed E-state index contributed by atoms with van der Waals surface area (Å²) in [6, 6.07) is 11.9. The van der Waals surface area contributed by atoms with Crippen LogP contribution < -0.4 is 10.6 Å². The van der Waals surface area contributed by atoms with Crippen molar-refractivity contribution in [1.29, 1.82) is 0 Å². The van der Waals surface area contributed by atoms with Crippen molar-refractivity contribution in [2.24, 2.45) is 4.99 Å². The highest BCUT2D eigenvalue weighted by atomic mass is 127. The van der Waals surface area contributed by atoms with Gasteiger partial charge in [-0.25, -0.2) is 0 Å². The summed E-state index contributed by atoms with van der Waals surface area (Å²) in [5, 5.41) is 7.32. The number of benzene rings is 1. The fraction of sp³-hybridized carbons (Fsp3) is 0.650. The van der Waals surface area contributed by atoms with Crippen molar-refractivity contribution in [3.8, 4) is 0 Å². The SMILES string of the molecule is CCCN1CCC(NC(=NCC)NC2CC2c2ccccc2)CC1.I. The van der Waals surface area contributed by atoms with Crippen LogP contribution in [0.2, 0.25) is 0 Å². The number of likely N-dealkylation sites (tertiary alicyclic amines) is 1. The Labute approximate surface area is 169 Å². The van der Waals surface area contributed by atoms with Gasteiger partial charge < -0.3 is 15.5 Å². The number of nitrogens with zero attached hydrogens (tertiary/aromatic N) is 2. The average Bonchev–Trinajstić information content (AvgIpc) is 3.37. The maximum Gasteiger partial charge on any atom is 0.191 e. The van der Waals surface area contributed by atoms with Crippen LogP contribution in [0.1, 0.15) is 51.0 Å². The second-order valence-corrected chi connectivity index (χ2v) is 7.09. The first-order valence-corrected chi connectivity index (χ1v) is 9.65. The summed E-state index contributed by atoms with van der Waals surface area (Å²) in [5.74, 6) is 1.65. The summed E-state index contributed by atoms with van der Waals surface area (Å²) in [7, 11) is 0. The van der Waals surface area contributed by atoms with E-state index in [-0.39, 0.29) is 24.0 Å². The Morgan fingerprint density at radius 2 is 1.84 bits per heavy atom. The third-order valence-corrected chi connectivity index (χ3v) is 5.12. The molecule has 0 amide bonds. The highest BCUT2D eigenvalue weighted by Gasteiger charge is 2.39. The molecule has 1 aliphatic heterocycles. The quantitative estimate of drug-likeness (QED) is 0.391. The molecule has 2 fully saturated rings. The van der Waals surface area contributed by atoms with Crippen molar-refractivity contribution >= 4 is 29.9 Å². The number of rotatable bonds is 6. The Bertz CT molecular complexity index is 526. The molecule has 5 heteroatoms. The predicted molar refractivity (Wildman–Crippen MR) is 117 cm³/mol. The Hall–Kier alpha value is -0.820. The number of halogens is 1. The summed E-state index contributed by atoms with van der Waals surface area (Å²) in [4.78, 5) is 7.24. The first kappa shape index (κ1) is 20.5. The molecule has 1 saturated carbocycles. The van der Waals surface area contributed by atoms with Gasteiger partial charge in [0.1, 0.15) is 0 Å². The molecule has 0 spiro atoms. The van der Waals surface area contributed by atoms with Gasteiger partial charge in [-0.15, -0.1) is 24.0 Å². The number of hydrogen-bond donors (Lipinski definition) is 2. The van der Waals surface area contributed by atoms with Gasteiger partial charge >= 0.3 is 0 Å². The number of nitrogens with one attached hydrogen (secondary N) is 2. The van der Waals surface area contributed by atoms with E-state index in [2.05, 4.69) is 64.7 Å². The largest absolute Gasteiger partial charge is 0.354 e. The van der Waals surface area contributed by atoms with Crippen LogP contribution in [0, 0.1) is 0 Å². The van der Waals surface area contributed by atoms with Crippen LogP contribution in [0.25, 0.3) is 0 Å². The van der Waals surface area contributed by atoms with Crippen LogP contribution in [0.15, 0.2) is 35.3 Å². The van der Waals surface area contributed by atoms with E-state index in [4.69, 9.17) is 0 Å². The molecule has 0 radical (unpaired) electrons. The second kappa shape index (κ2) is 10.4. The van der Waals surface area contributed by atoms with Crippen molar-refractivity contribution in [3.05, 3.63) is 35.9 Å². The summed E-state index contributed by atoms with van der Waals surface area (Å²) >= 11 is 0. The van der Waals surface area contributed by atoms with Crippen LogP contribution in [0.5, 0.6) is 0 Å². The molecular formula is C20H33IN4. The van der Waals surface area contributed by atoms with Crippen LogP contribution in [0.3, 0.4) is 0 Å². The van der Waals surface area contributed by atoms with Gasteiger partial charge in [0.25, 0.3) is 0 Å². The molecule has 2 atom stereocenters. The Balaban J connectivity index is 0.00000225. The second-order valence-electron chi connectivity index (χ2n) is 7.09. The van der Waals surface area contributed by atoms with Crippen LogP contribution in [-0.4, -0.2) is 49.1 Å².